The summed E-state index contributed by atoms with van der Waals surface area (Å²) in [5.74, 6) is -2.24. The number of carbonyl (C=O) groups is 3. The van der Waals surface area contributed by atoms with Gasteiger partial charge in [-0.3, -0.25) is 14.4 Å². The number of amides is 2. The highest BCUT2D eigenvalue weighted by atomic mass is 16.2. The number of pyridine rings is 1. The number of nitrogens with one attached hydrogen (secondary N) is 1. The second-order valence-corrected chi connectivity index (χ2v) is 5.48. The van der Waals surface area contributed by atoms with Crippen LogP contribution < -0.4 is 11.1 Å². The lowest BCUT2D eigenvalue weighted by molar-refractivity contribution is -0.137. The minimum Gasteiger partial charge on any atom is -0.363 e. The summed E-state index contributed by atoms with van der Waals surface area (Å²) in [5, 5.41) is 6.60. The normalized spacial score (nSPS) is 11.6. The Kier molecular flexibility index (Phi) is 5.26. The van der Waals surface area contributed by atoms with E-state index in [-0.39, 0.29) is 12.1 Å². The summed E-state index contributed by atoms with van der Waals surface area (Å²) in [4.78, 5) is 48.1. The van der Waals surface area contributed by atoms with Gasteiger partial charge in [0.15, 0.2) is 5.82 Å². The molecule has 0 saturated heterocycles. The molecule has 0 radical (unpaired) electrons. The third-order valence-corrected chi connectivity index (χ3v) is 3.66. The van der Waals surface area contributed by atoms with E-state index in [2.05, 4.69) is 25.4 Å². The van der Waals surface area contributed by atoms with Gasteiger partial charge in [0.1, 0.15) is 18.1 Å². The maximum absolute atomic E-state index is 12.7. The van der Waals surface area contributed by atoms with Crippen LogP contribution in [0.15, 0.2) is 55.2 Å². The van der Waals surface area contributed by atoms with Gasteiger partial charge in [-0.25, -0.2) is 19.6 Å². The van der Waals surface area contributed by atoms with E-state index in [9.17, 15) is 14.4 Å². The molecule has 1 atom stereocenters. The van der Waals surface area contributed by atoms with Gasteiger partial charge >= 0.3 is 0 Å². The zero-order chi connectivity index (χ0) is 19.2. The van der Waals surface area contributed by atoms with Crippen LogP contribution in [0.25, 0.3) is 5.82 Å². The van der Waals surface area contributed by atoms with Gasteiger partial charge in [0.2, 0.25) is 5.78 Å². The van der Waals surface area contributed by atoms with Crippen molar-refractivity contribution >= 4 is 17.6 Å². The first-order valence-electron chi connectivity index (χ1n) is 7.91. The number of rotatable bonds is 7. The van der Waals surface area contributed by atoms with Gasteiger partial charge in [-0.1, -0.05) is 6.07 Å². The number of hydrogen-bond donors (Lipinski definition) is 2. The summed E-state index contributed by atoms with van der Waals surface area (Å²) < 4.78 is 1.33. The largest absolute Gasteiger partial charge is 0.363 e. The standard InChI is InChI=1S/C17H15N7O3/c18-16(26)15(25)12(9-11-4-7-19-10-21-11)23-17(27)13-5-8-22-24(13)14-3-1-2-6-20-14/h1-8,10,12H,9H2,(H2,18,26)(H,23,27). The Morgan fingerprint density at radius 2 is 1.93 bits per heavy atom. The van der Waals surface area contributed by atoms with Crippen LogP contribution in [0, 0.1) is 0 Å². The average Bonchev–Trinajstić information content (AvgIpc) is 3.18. The number of hydrogen-bond acceptors (Lipinski definition) is 7. The fraction of sp³-hybridized carbons (Fsp3) is 0.118. The summed E-state index contributed by atoms with van der Waals surface area (Å²) in [6.07, 6.45) is 5.78. The number of primary amides is 1. The van der Waals surface area contributed by atoms with Gasteiger partial charge in [-0.05, 0) is 24.3 Å². The molecular formula is C17H15N7O3. The molecule has 3 N–H and O–H groups in total. The third kappa shape index (κ3) is 4.18. The maximum Gasteiger partial charge on any atom is 0.287 e. The Morgan fingerprint density at radius 1 is 1.07 bits per heavy atom. The summed E-state index contributed by atoms with van der Waals surface area (Å²) in [6.45, 7) is 0. The van der Waals surface area contributed by atoms with Crippen molar-refractivity contribution in [3.8, 4) is 5.82 Å². The number of aromatic nitrogens is 5. The van der Waals surface area contributed by atoms with E-state index in [1.54, 1.807) is 30.5 Å². The fourth-order valence-electron chi connectivity index (χ4n) is 2.40. The Morgan fingerprint density at radius 3 is 2.59 bits per heavy atom. The van der Waals surface area contributed by atoms with E-state index in [0.717, 1.165) is 0 Å². The lowest BCUT2D eigenvalue weighted by Crippen LogP contribution is -2.47. The minimum absolute atomic E-state index is 0.00619. The molecule has 10 nitrogen and oxygen atoms in total. The van der Waals surface area contributed by atoms with Crippen molar-refractivity contribution in [2.24, 2.45) is 5.73 Å². The zero-order valence-corrected chi connectivity index (χ0v) is 14.0. The molecule has 3 rings (SSSR count). The Hall–Kier alpha value is -3.95. The fourth-order valence-corrected chi connectivity index (χ4v) is 2.40. The van der Waals surface area contributed by atoms with Gasteiger partial charge in [0.05, 0.1) is 6.20 Å². The summed E-state index contributed by atoms with van der Waals surface area (Å²) in [5.41, 5.74) is 5.73. The minimum atomic E-state index is -1.17. The van der Waals surface area contributed by atoms with Crippen LogP contribution in [0.1, 0.15) is 16.2 Å². The highest BCUT2D eigenvalue weighted by Crippen LogP contribution is 2.08. The van der Waals surface area contributed by atoms with E-state index in [1.807, 2.05) is 0 Å². The van der Waals surface area contributed by atoms with Gasteiger partial charge in [0, 0.05) is 24.5 Å². The van der Waals surface area contributed by atoms with E-state index in [0.29, 0.717) is 11.5 Å². The van der Waals surface area contributed by atoms with Gasteiger partial charge in [-0.15, -0.1) is 0 Å². The molecule has 0 aliphatic heterocycles. The maximum atomic E-state index is 12.7. The van der Waals surface area contributed by atoms with Gasteiger partial charge in [-0.2, -0.15) is 5.10 Å². The van der Waals surface area contributed by atoms with Crippen molar-refractivity contribution in [3.05, 3.63) is 66.6 Å². The first kappa shape index (κ1) is 17.9. The first-order chi connectivity index (χ1) is 13.1. The highest BCUT2D eigenvalue weighted by Gasteiger charge is 2.27. The number of Topliss-reactive ketones (excluding diaryl/α,β-unsaturated/α-hetero) is 1. The number of nitrogens with zero attached hydrogens (tertiary/aromatic N) is 5. The highest BCUT2D eigenvalue weighted by molar-refractivity contribution is 6.38. The SMILES string of the molecule is NC(=O)C(=O)C(Cc1ccncn1)NC(=O)c1ccnn1-c1ccccn1. The molecule has 2 amide bonds. The van der Waals surface area contributed by atoms with Crippen molar-refractivity contribution in [1.82, 2.24) is 30.0 Å². The Bertz CT molecular complexity index is 957. The average molecular weight is 365 g/mol. The molecule has 10 heteroatoms. The molecule has 0 aromatic carbocycles. The van der Waals surface area contributed by atoms with Crippen molar-refractivity contribution in [1.29, 1.82) is 0 Å². The van der Waals surface area contributed by atoms with Crippen LogP contribution in [0.3, 0.4) is 0 Å². The molecule has 3 heterocycles. The van der Waals surface area contributed by atoms with Crippen LogP contribution in [-0.2, 0) is 16.0 Å². The van der Waals surface area contributed by atoms with E-state index in [4.69, 9.17) is 5.73 Å². The number of carbonyl (C=O) groups excluding carboxylic acids is 3. The van der Waals surface area contributed by atoms with Crippen molar-refractivity contribution < 1.29 is 14.4 Å². The quantitative estimate of drug-likeness (QED) is 0.534. The molecule has 0 bridgehead atoms. The van der Waals surface area contributed by atoms with Crippen LogP contribution in [-0.4, -0.2) is 48.4 Å². The van der Waals surface area contributed by atoms with Crippen molar-refractivity contribution in [2.45, 2.75) is 12.5 Å². The van der Waals surface area contributed by atoms with Gasteiger partial charge in [0.25, 0.3) is 11.8 Å². The van der Waals surface area contributed by atoms with Crippen molar-refractivity contribution in [3.63, 3.8) is 0 Å². The molecule has 0 fully saturated rings. The number of nitrogens with two attached hydrogens (primary N) is 1. The van der Waals surface area contributed by atoms with Gasteiger partial charge < -0.3 is 11.1 Å². The van der Waals surface area contributed by atoms with E-state index >= 15 is 0 Å². The van der Waals surface area contributed by atoms with Crippen LogP contribution >= 0.6 is 0 Å². The van der Waals surface area contributed by atoms with E-state index in [1.165, 1.54) is 29.5 Å². The monoisotopic (exact) mass is 365 g/mol. The van der Waals surface area contributed by atoms with Crippen molar-refractivity contribution in [2.75, 3.05) is 0 Å². The van der Waals surface area contributed by atoms with Crippen LogP contribution in [0.5, 0.6) is 0 Å². The summed E-state index contributed by atoms with van der Waals surface area (Å²) in [6, 6.07) is 7.04. The van der Waals surface area contributed by atoms with E-state index < -0.39 is 23.6 Å². The molecule has 0 saturated carbocycles. The molecule has 3 aromatic heterocycles. The molecule has 1 unspecified atom stereocenters. The number of ketones is 1. The second-order valence-electron chi connectivity index (χ2n) is 5.48. The zero-order valence-electron chi connectivity index (χ0n) is 14.0. The third-order valence-electron chi connectivity index (χ3n) is 3.66. The lowest BCUT2D eigenvalue weighted by Gasteiger charge is -2.16. The molecule has 27 heavy (non-hydrogen) atoms. The second kappa shape index (κ2) is 7.95. The molecular weight excluding hydrogens is 350 g/mol. The Balaban J connectivity index is 1.84. The van der Waals surface area contributed by atoms with Crippen LogP contribution in [0.2, 0.25) is 0 Å². The predicted octanol–water partition coefficient (Wildman–Crippen LogP) is -0.547. The molecule has 0 aliphatic rings. The lowest BCUT2D eigenvalue weighted by atomic mass is 10.1. The topological polar surface area (TPSA) is 146 Å². The summed E-state index contributed by atoms with van der Waals surface area (Å²) in [7, 11) is 0. The summed E-state index contributed by atoms with van der Waals surface area (Å²) >= 11 is 0. The Labute approximate surface area is 153 Å². The smallest absolute Gasteiger partial charge is 0.287 e. The predicted molar refractivity (Wildman–Crippen MR) is 92.6 cm³/mol. The first-order valence-corrected chi connectivity index (χ1v) is 7.91. The molecule has 136 valence electrons. The molecule has 3 aromatic rings. The molecule has 0 spiro atoms. The molecule has 0 aliphatic carbocycles. The van der Waals surface area contributed by atoms with Crippen LogP contribution in [0.4, 0.5) is 0 Å².